The minimum absolute atomic E-state index is 0.495. The highest BCUT2D eigenvalue weighted by molar-refractivity contribution is 8.32. The van der Waals surface area contributed by atoms with Crippen molar-refractivity contribution in [3.05, 3.63) is 66.2 Å². The van der Waals surface area contributed by atoms with Crippen LogP contribution >= 0.6 is 10.0 Å². The molecule has 3 heterocycles. The first-order chi connectivity index (χ1) is 14.9. The van der Waals surface area contributed by atoms with Gasteiger partial charge in [-0.3, -0.25) is 0 Å². The van der Waals surface area contributed by atoms with Crippen LogP contribution in [0.2, 0.25) is 0 Å². The lowest BCUT2D eigenvalue weighted by molar-refractivity contribution is 0.0924. The second-order valence-corrected chi connectivity index (χ2v) is 13.1. The molecule has 4 aromatic rings. The first-order valence-electron chi connectivity index (χ1n) is 10.1. The van der Waals surface area contributed by atoms with Crippen molar-refractivity contribution < 1.29 is 4.74 Å². The van der Waals surface area contributed by atoms with E-state index in [0.717, 1.165) is 45.8 Å². The molecule has 0 aliphatic rings. The van der Waals surface area contributed by atoms with Crippen molar-refractivity contribution in [2.45, 2.75) is 13.7 Å². The van der Waals surface area contributed by atoms with Crippen LogP contribution in [-0.4, -0.2) is 50.5 Å². The zero-order valence-electron chi connectivity index (χ0n) is 18.4. The van der Waals surface area contributed by atoms with Gasteiger partial charge in [0.1, 0.15) is 12.4 Å². The predicted molar refractivity (Wildman–Crippen MR) is 128 cm³/mol. The molecule has 6 nitrogen and oxygen atoms in total. The summed E-state index contributed by atoms with van der Waals surface area (Å²) in [6.45, 7) is 3.27. The lowest BCUT2D eigenvalue weighted by atomic mass is 10.1. The quantitative estimate of drug-likeness (QED) is 0.395. The maximum atomic E-state index is 9.22. The van der Waals surface area contributed by atoms with Crippen molar-refractivity contribution in [1.29, 1.82) is 5.26 Å². The van der Waals surface area contributed by atoms with E-state index in [1.807, 2.05) is 65.2 Å². The minimum Gasteiger partial charge on any atom is -0.360 e. The Bertz CT molecular complexity index is 1260. The standard InChI is InChI=1S/C24H27N5OS/c1-18-5-6-19(14-25)13-23(18)29-16-20(15-27-29)21-7-9-26-24-22(21)8-10-28(24)17-30-11-12-31(2,3)4/h5-10,13,15-16H,11-12,17H2,1-4H3. The molecule has 0 aliphatic heterocycles. The molecule has 0 N–H and O–H groups in total. The highest BCUT2D eigenvalue weighted by Gasteiger charge is 2.12. The number of rotatable bonds is 7. The van der Waals surface area contributed by atoms with Crippen molar-refractivity contribution in [3.63, 3.8) is 0 Å². The van der Waals surface area contributed by atoms with Crippen molar-refractivity contribution in [3.8, 4) is 22.9 Å². The van der Waals surface area contributed by atoms with Gasteiger partial charge in [0.05, 0.1) is 30.1 Å². The molecule has 31 heavy (non-hydrogen) atoms. The Morgan fingerprint density at radius 3 is 2.77 bits per heavy atom. The number of ether oxygens (including phenoxy) is 1. The van der Waals surface area contributed by atoms with E-state index in [1.165, 1.54) is 0 Å². The van der Waals surface area contributed by atoms with E-state index in [-0.39, 0.29) is 0 Å². The summed E-state index contributed by atoms with van der Waals surface area (Å²) in [4.78, 5) is 4.58. The van der Waals surface area contributed by atoms with Gasteiger partial charge in [-0.05, 0) is 61.1 Å². The fourth-order valence-corrected chi connectivity index (χ4v) is 4.06. The Balaban J connectivity index is 1.60. The predicted octanol–water partition coefficient (Wildman–Crippen LogP) is 4.74. The summed E-state index contributed by atoms with van der Waals surface area (Å²) in [5, 5.41) is 14.8. The molecular formula is C24H27N5OS. The zero-order chi connectivity index (χ0) is 22.0. The molecule has 3 aromatic heterocycles. The van der Waals surface area contributed by atoms with Crippen LogP contribution in [0.5, 0.6) is 0 Å². The van der Waals surface area contributed by atoms with Crippen LogP contribution in [0, 0.1) is 18.3 Å². The van der Waals surface area contributed by atoms with Crippen LogP contribution in [-0.2, 0) is 11.5 Å². The largest absolute Gasteiger partial charge is 0.360 e. The first-order valence-corrected chi connectivity index (χ1v) is 13.1. The van der Waals surface area contributed by atoms with Gasteiger partial charge in [0, 0.05) is 35.3 Å². The molecule has 0 aliphatic carbocycles. The fraction of sp³-hybridized carbons (Fsp3) is 0.292. The molecule has 0 radical (unpaired) electrons. The maximum Gasteiger partial charge on any atom is 0.142 e. The molecule has 7 heteroatoms. The van der Waals surface area contributed by atoms with E-state index < -0.39 is 10.0 Å². The third kappa shape index (κ3) is 4.66. The number of fused-ring (bicyclic) bond motifs is 1. The van der Waals surface area contributed by atoms with Gasteiger partial charge in [-0.1, -0.05) is 6.07 Å². The molecule has 0 spiro atoms. The number of hydrogen-bond donors (Lipinski definition) is 0. The van der Waals surface area contributed by atoms with Crippen LogP contribution in [0.15, 0.2) is 55.1 Å². The van der Waals surface area contributed by atoms with E-state index >= 15 is 0 Å². The minimum atomic E-state index is -0.556. The highest BCUT2D eigenvalue weighted by atomic mass is 32.3. The molecule has 160 valence electrons. The van der Waals surface area contributed by atoms with E-state index in [4.69, 9.17) is 4.74 Å². The average Bonchev–Trinajstić information content (AvgIpc) is 3.38. The van der Waals surface area contributed by atoms with Crippen LogP contribution in [0.3, 0.4) is 0 Å². The summed E-state index contributed by atoms with van der Waals surface area (Å²) in [6.07, 6.45) is 14.6. The Kier molecular flexibility index (Phi) is 5.86. The third-order valence-corrected chi connectivity index (χ3v) is 6.60. The topological polar surface area (TPSA) is 68.7 Å². The Morgan fingerprint density at radius 2 is 2.00 bits per heavy atom. The number of benzene rings is 1. The maximum absolute atomic E-state index is 9.22. The van der Waals surface area contributed by atoms with E-state index in [1.54, 1.807) is 0 Å². The van der Waals surface area contributed by atoms with Gasteiger partial charge in [0.15, 0.2) is 0 Å². The van der Waals surface area contributed by atoms with Gasteiger partial charge >= 0.3 is 0 Å². The Hall–Kier alpha value is -3.08. The molecule has 0 saturated heterocycles. The molecule has 0 bridgehead atoms. The average molecular weight is 434 g/mol. The summed E-state index contributed by atoms with van der Waals surface area (Å²) in [6, 6.07) is 11.9. The SMILES string of the molecule is Cc1ccc(C#N)cc1-n1cc(-c2ccnc3c2ccn3COCCS(C)(C)C)cn1. The third-order valence-electron chi connectivity index (χ3n) is 5.21. The van der Waals surface area contributed by atoms with Gasteiger partial charge in [-0.25, -0.2) is 19.7 Å². The molecule has 0 saturated carbocycles. The summed E-state index contributed by atoms with van der Waals surface area (Å²) in [5.41, 5.74) is 5.56. The number of nitriles is 1. The number of nitrogens with zero attached hydrogens (tertiary/aromatic N) is 5. The van der Waals surface area contributed by atoms with Crippen LogP contribution < -0.4 is 0 Å². The summed E-state index contributed by atoms with van der Waals surface area (Å²) < 4.78 is 9.78. The van der Waals surface area contributed by atoms with Crippen molar-refractivity contribution in [2.24, 2.45) is 0 Å². The van der Waals surface area contributed by atoms with Gasteiger partial charge in [-0.15, -0.1) is 0 Å². The van der Waals surface area contributed by atoms with Crippen molar-refractivity contribution >= 4 is 21.1 Å². The molecular weight excluding hydrogens is 406 g/mol. The first kappa shape index (κ1) is 21.2. The van der Waals surface area contributed by atoms with Gasteiger partial charge < -0.3 is 9.30 Å². The van der Waals surface area contributed by atoms with Crippen molar-refractivity contribution in [2.75, 3.05) is 31.1 Å². The Labute approximate surface area is 184 Å². The zero-order valence-corrected chi connectivity index (χ0v) is 19.2. The number of aryl methyl sites for hydroxylation is 1. The number of pyridine rings is 1. The normalized spacial score (nSPS) is 12.2. The van der Waals surface area contributed by atoms with E-state index in [2.05, 4.69) is 41.0 Å². The fourth-order valence-electron chi connectivity index (χ4n) is 3.44. The molecule has 0 atom stereocenters. The summed E-state index contributed by atoms with van der Waals surface area (Å²) in [5.74, 6) is 1.09. The lowest BCUT2D eigenvalue weighted by Gasteiger charge is -2.24. The van der Waals surface area contributed by atoms with Crippen LogP contribution in [0.25, 0.3) is 27.8 Å². The van der Waals surface area contributed by atoms with Gasteiger partial charge in [-0.2, -0.15) is 10.4 Å². The Morgan fingerprint density at radius 1 is 1.16 bits per heavy atom. The molecule has 1 aromatic carbocycles. The van der Waals surface area contributed by atoms with Crippen LogP contribution in [0.1, 0.15) is 11.1 Å². The lowest BCUT2D eigenvalue weighted by Crippen LogP contribution is -2.09. The summed E-state index contributed by atoms with van der Waals surface area (Å²) >= 11 is 0. The van der Waals surface area contributed by atoms with Crippen molar-refractivity contribution in [1.82, 2.24) is 19.3 Å². The van der Waals surface area contributed by atoms with Gasteiger partial charge in [0.25, 0.3) is 0 Å². The van der Waals surface area contributed by atoms with Crippen LogP contribution in [0.4, 0.5) is 0 Å². The van der Waals surface area contributed by atoms with E-state index in [0.29, 0.717) is 12.3 Å². The smallest absolute Gasteiger partial charge is 0.142 e. The number of hydrogen-bond acceptors (Lipinski definition) is 4. The van der Waals surface area contributed by atoms with Gasteiger partial charge in [0.2, 0.25) is 0 Å². The molecule has 0 fully saturated rings. The second-order valence-electron chi connectivity index (χ2n) is 8.50. The highest BCUT2D eigenvalue weighted by Crippen LogP contribution is 2.33. The molecule has 0 amide bonds. The summed E-state index contributed by atoms with van der Waals surface area (Å²) in [7, 11) is -0.556. The number of aromatic nitrogens is 4. The van der Waals surface area contributed by atoms with E-state index in [9.17, 15) is 5.26 Å². The monoisotopic (exact) mass is 433 g/mol. The molecule has 4 rings (SSSR count). The molecule has 0 unspecified atom stereocenters. The second kappa shape index (κ2) is 8.58.